The first-order valence-electron chi connectivity index (χ1n) is 7.59. The third-order valence-corrected chi connectivity index (χ3v) is 5.81. The lowest BCUT2D eigenvalue weighted by atomic mass is 10.1. The lowest BCUT2D eigenvalue weighted by molar-refractivity contribution is 0.0601. The summed E-state index contributed by atoms with van der Waals surface area (Å²) in [6.45, 7) is 0. The molecular weight excluding hydrogens is 338 g/mol. The summed E-state index contributed by atoms with van der Waals surface area (Å²) in [7, 11) is -0.923. The number of benzene rings is 3. The molecule has 3 aromatic carbocycles. The molecule has 3 aromatic rings. The summed E-state index contributed by atoms with van der Waals surface area (Å²) in [6.07, 6.45) is 0. The smallest absolute Gasteiger partial charge is 0.337 e. The summed E-state index contributed by atoms with van der Waals surface area (Å²) in [6, 6.07) is 18.8. The van der Waals surface area contributed by atoms with Crippen molar-refractivity contribution < 1.29 is 17.9 Å². The van der Waals surface area contributed by atoms with E-state index in [4.69, 9.17) is 0 Å². The molecule has 5 nitrogen and oxygen atoms in total. The van der Waals surface area contributed by atoms with E-state index in [9.17, 15) is 13.2 Å². The molecule has 0 aliphatic carbocycles. The second-order valence-electron chi connectivity index (χ2n) is 5.52. The first kappa shape index (κ1) is 17.0. The molecule has 0 aliphatic heterocycles. The van der Waals surface area contributed by atoms with Gasteiger partial charge in [-0.25, -0.2) is 13.2 Å². The topological polar surface area (TPSA) is 63.7 Å². The zero-order valence-electron chi connectivity index (χ0n) is 13.8. The average Bonchev–Trinajstić information content (AvgIpc) is 2.66. The Bertz CT molecular complexity index is 1030. The van der Waals surface area contributed by atoms with E-state index < -0.39 is 16.0 Å². The van der Waals surface area contributed by atoms with Crippen molar-refractivity contribution in [1.29, 1.82) is 0 Å². The summed E-state index contributed by atoms with van der Waals surface area (Å²) in [5.74, 6) is -0.466. The van der Waals surface area contributed by atoms with Crippen LogP contribution in [0.15, 0.2) is 71.6 Å². The van der Waals surface area contributed by atoms with Gasteiger partial charge in [-0.05, 0) is 47.2 Å². The zero-order valence-corrected chi connectivity index (χ0v) is 14.7. The first-order chi connectivity index (χ1) is 11.9. The minimum absolute atomic E-state index is 0.214. The molecule has 25 heavy (non-hydrogen) atoms. The fraction of sp³-hybridized carbons (Fsp3) is 0.105. The van der Waals surface area contributed by atoms with Gasteiger partial charge < -0.3 is 4.74 Å². The van der Waals surface area contributed by atoms with Crippen molar-refractivity contribution in [3.05, 3.63) is 72.3 Å². The van der Waals surface area contributed by atoms with Crippen LogP contribution >= 0.6 is 0 Å². The number of rotatable bonds is 4. The number of nitrogens with zero attached hydrogens (tertiary/aromatic N) is 1. The number of methoxy groups -OCH3 is 1. The van der Waals surface area contributed by atoms with E-state index in [1.165, 1.54) is 30.6 Å². The van der Waals surface area contributed by atoms with Crippen molar-refractivity contribution >= 4 is 32.5 Å². The highest BCUT2D eigenvalue weighted by atomic mass is 32.2. The highest BCUT2D eigenvalue weighted by Crippen LogP contribution is 2.25. The van der Waals surface area contributed by atoms with Crippen LogP contribution in [0.1, 0.15) is 10.4 Å². The van der Waals surface area contributed by atoms with Crippen LogP contribution in [0.4, 0.5) is 5.69 Å². The molecule has 0 unspecified atom stereocenters. The van der Waals surface area contributed by atoms with E-state index in [1.54, 1.807) is 30.3 Å². The molecule has 0 fully saturated rings. The standard InChI is InChI=1S/C19H17NO4S/c1-20(17-10-7-15(8-11-17)19(21)24-2)25(22,23)18-12-9-14-5-3-4-6-16(14)13-18/h3-13H,1-2H3. The van der Waals surface area contributed by atoms with E-state index in [2.05, 4.69) is 4.74 Å². The van der Waals surface area contributed by atoms with Crippen LogP contribution in [-0.4, -0.2) is 28.5 Å². The maximum Gasteiger partial charge on any atom is 0.337 e. The predicted molar refractivity (Wildman–Crippen MR) is 97.3 cm³/mol. The Hall–Kier alpha value is -2.86. The Balaban J connectivity index is 1.96. The molecule has 128 valence electrons. The van der Waals surface area contributed by atoms with Crippen LogP contribution < -0.4 is 4.31 Å². The largest absolute Gasteiger partial charge is 0.465 e. The van der Waals surface area contributed by atoms with Crippen molar-refractivity contribution in [3.8, 4) is 0 Å². The van der Waals surface area contributed by atoms with Gasteiger partial charge in [0, 0.05) is 7.05 Å². The molecule has 0 saturated carbocycles. The number of ether oxygens (including phenoxy) is 1. The van der Waals surface area contributed by atoms with Gasteiger partial charge in [-0.15, -0.1) is 0 Å². The van der Waals surface area contributed by atoms with E-state index in [1.807, 2.05) is 24.3 Å². The third-order valence-electron chi connectivity index (χ3n) is 4.03. The molecular formula is C19H17NO4S. The Morgan fingerprint density at radius 2 is 1.56 bits per heavy atom. The minimum atomic E-state index is -3.71. The molecule has 0 spiro atoms. The monoisotopic (exact) mass is 355 g/mol. The number of carbonyl (C=O) groups is 1. The number of sulfonamides is 1. The number of hydrogen-bond acceptors (Lipinski definition) is 4. The minimum Gasteiger partial charge on any atom is -0.465 e. The third kappa shape index (κ3) is 3.21. The predicted octanol–water partition coefficient (Wildman–Crippen LogP) is 3.45. The molecule has 0 heterocycles. The molecule has 3 rings (SSSR count). The van der Waals surface area contributed by atoms with E-state index >= 15 is 0 Å². The molecule has 6 heteroatoms. The van der Waals surface area contributed by atoms with Gasteiger partial charge in [-0.2, -0.15) is 0 Å². The van der Waals surface area contributed by atoms with Crippen LogP contribution in [-0.2, 0) is 14.8 Å². The maximum absolute atomic E-state index is 12.9. The number of anilines is 1. The van der Waals surface area contributed by atoms with E-state index in [0.29, 0.717) is 11.3 Å². The molecule has 0 saturated heterocycles. The number of fused-ring (bicyclic) bond motifs is 1. The number of carbonyl (C=O) groups excluding carboxylic acids is 1. The maximum atomic E-state index is 12.9. The van der Waals surface area contributed by atoms with Gasteiger partial charge in [0.25, 0.3) is 10.0 Å². The Morgan fingerprint density at radius 1 is 0.920 bits per heavy atom. The van der Waals surface area contributed by atoms with Gasteiger partial charge >= 0.3 is 5.97 Å². The molecule has 0 N–H and O–H groups in total. The summed E-state index contributed by atoms with van der Waals surface area (Å²) >= 11 is 0. The van der Waals surface area contributed by atoms with Gasteiger partial charge in [0.2, 0.25) is 0 Å². The van der Waals surface area contributed by atoms with Crippen molar-refractivity contribution in [2.75, 3.05) is 18.5 Å². The molecule has 0 bridgehead atoms. The van der Waals surface area contributed by atoms with Crippen molar-refractivity contribution in [3.63, 3.8) is 0 Å². The Kier molecular flexibility index (Phi) is 4.46. The van der Waals surface area contributed by atoms with E-state index in [-0.39, 0.29) is 4.90 Å². The molecule has 0 radical (unpaired) electrons. The zero-order chi connectivity index (χ0) is 18.0. The first-order valence-corrected chi connectivity index (χ1v) is 9.03. The summed E-state index contributed by atoms with van der Waals surface area (Å²) in [5.41, 5.74) is 0.823. The highest BCUT2D eigenvalue weighted by Gasteiger charge is 2.21. The molecule has 0 aromatic heterocycles. The Morgan fingerprint density at radius 3 is 2.20 bits per heavy atom. The quantitative estimate of drug-likeness (QED) is 0.673. The molecule has 0 amide bonds. The number of esters is 1. The van der Waals surface area contributed by atoms with Crippen LogP contribution in [0.25, 0.3) is 10.8 Å². The van der Waals surface area contributed by atoms with Crippen LogP contribution in [0.5, 0.6) is 0 Å². The molecule has 0 atom stereocenters. The highest BCUT2D eigenvalue weighted by molar-refractivity contribution is 7.92. The fourth-order valence-corrected chi connectivity index (χ4v) is 3.78. The normalized spacial score (nSPS) is 11.3. The lowest BCUT2D eigenvalue weighted by Crippen LogP contribution is -2.26. The second kappa shape index (κ2) is 6.57. The summed E-state index contributed by atoms with van der Waals surface area (Å²) in [4.78, 5) is 11.7. The van der Waals surface area contributed by atoms with Gasteiger partial charge in [0.05, 0.1) is 23.3 Å². The molecule has 0 aliphatic rings. The van der Waals surface area contributed by atoms with Crippen molar-refractivity contribution in [1.82, 2.24) is 0 Å². The summed E-state index contributed by atoms with van der Waals surface area (Å²) < 4.78 is 31.6. The Labute approximate surface area is 146 Å². The van der Waals surface area contributed by atoms with Gasteiger partial charge in [-0.3, -0.25) is 4.31 Å². The summed E-state index contributed by atoms with van der Waals surface area (Å²) in [5, 5.41) is 1.84. The van der Waals surface area contributed by atoms with Crippen LogP contribution in [0, 0.1) is 0 Å². The van der Waals surface area contributed by atoms with Gasteiger partial charge in [0.15, 0.2) is 0 Å². The van der Waals surface area contributed by atoms with Gasteiger partial charge in [-0.1, -0.05) is 30.3 Å². The van der Waals surface area contributed by atoms with E-state index in [0.717, 1.165) is 10.8 Å². The van der Waals surface area contributed by atoms with Crippen LogP contribution in [0.2, 0.25) is 0 Å². The van der Waals surface area contributed by atoms with Crippen LogP contribution in [0.3, 0.4) is 0 Å². The second-order valence-corrected chi connectivity index (χ2v) is 7.49. The van der Waals surface area contributed by atoms with Crippen molar-refractivity contribution in [2.24, 2.45) is 0 Å². The average molecular weight is 355 g/mol. The fourth-order valence-electron chi connectivity index (χ4n) is 2.55. The van der Waals surface area contributed by atoms with Crippen molar-refractivity contribution in [2.45, 2.75) is 4.90 Å². The number of hydrogen-bond donors (Lipinski definition) is 0. The van der Waals surface area contributed by atoms with Gasteiger partial charge in [0.1, 0.15) is 0 Å². The SMILES string of the molecule is COC(=O)c1ccc(N(C)S(=O)(=O)c2ccc3ccccc3c2)cc1. The lowest BCUT2D eigenvalue weighted by Gasteiger charge is -2.20.